The van der Waals surface area contributed by atoms with E-state index in [9.17, 15) is 9.90 Å². The lowest BCUT2D eigenvalue weighted by atomic mass is 10.0. The maximum absolute atomic E-state index is 11.9. The minimum absolute atomic E-state index is 0.155. The van der Waals surface area contributed by atoms with Gasteiger partial charge in [0, 0.05) is 0 Å². The normalized spacial score (nSPS) is 14.0. The van der Waals surface area contributed by atoms with Crippen molar-refractivity contribution in [2.24, 2.45) is 0 Å². The number of H-pyrrole nitrogens is 1. The van der Waals surface area contributed by atoms with Crippen LogP contribution in [-0.2, 0) is 5.60 Å². The van der Waals surface area contributed by atoms with Gasteiger partial charge in [0.2, 0.25) is 5.95 Å². The van der Waals surface area contributed by atoms with Gasteiger partial charge in [-0.25, -0.2) is 4.98 Å². The Balaban J connectivity index is 1.84. The van der Waals surface area contributed by atoms with Gasteiger partial charge < -0.3 is 14.8 Å². The number of hydrogen-bond acceptors (Lipinski definition) is 5. The minimum atomic E-state index is -1.20. The van der Waals surface area contributed by atoms with Crippen LogP contribution in [0.5, 0.6) is 0 Å². The number of fused-ring (bicyclic) bond motifs is 1. The zero-order valence-electron chi connectivity index (χ0n) is 11.5. The molecule has 0 bridgehead atoms. The highest BCUT2D eigenvalue weighted by molar-refractivity contribution is 5.78. The summed E-state index contributed by atoms with van der Waals surface area (Å²) in [5.74, 6) is 0.753. The smallest absolute Gasteiger partial charge is 0.260 e. The maximum Gasteiger partial charge on any atom is 0.260 e. The molecule has 0 spiro atoms. The number of hydrogen-bond donors (Lipinski definition) is 3. The fourth-order valence-corrected chi connectivity index (χ4v) is 2.10. The lowest BCUT2D eigenvalue weighted by Gasteiger charge is -2.21. The van der Waals surface area contributed by atoms with Crippen molar-refractivity contribution in [2.45, 2.75) is 12.5 Å². The molecule has 0 aliphatic carbocycles. The molecule has 0 saturated heterocycles. The van der Waals surface area contributed by atoms with Crippen LogP contribution in [0.25, 0.3) is 10.9 Å². The van der Waals surface area contributed by atoms with Crippen LogP contribution in [0, 0.1) is 0 Å². The summed E-state index contributed by atoms with van der Waals surface area (Å²) in [4.78, 5) is 18.9. The third kappa shape index (κ3) is 2.66. The number of aromatic amines is 1. The first kappa shape index (κ1) is 13.4. The zero-order chi connectivity index (χ0) is 14.9. The molecule has 3 rings (SSSR count). The number of benzene rings is 1. The van der Waals surface area contributed by atoms with Crippen LogP contribution in [-0.4, -0.2) is 21.6 Å². The van der Waals surface area contributed by atoms with Crippen molar-refractivity contribution in [3.8, 4) is 0 Å². The Morgan fingerprint density at radius 1 is 1.33 bits per heavy atom. The van der Waals surface area contributed by atoms with Gasteiger partial charge in [-0.05, 0) is 31.2 Å². The Labute approximate surface area is 120 Å². The van der Waals surface area contributed by atoms with Crippen LogP contribution in [0.15, 0.2) is 51.9 Å². The molecular weight excluding hydrogens is 270 g/mol. The SMILES string of the molecule is CC(O)(CNc1nc2ccccc2c(=O)[nH]1)c1ccco1. The molecule has 108 valence electrons. The Bertz CT molecular complexity index is 806. The summed E-state index contributed by atoms with van der Waals surface area (Å²) in [5, 5.41) is 13.8. The summed E-state index contributed by atoms with van der Waals surface area (Å²) in [7, 11) is 0. The Hall–Kier alpha value is -2.60. The molecule has 6 nitrogen and oxygen atoms in total. The van der Waals surface area contributed by atoms with E-state index in [1.807, 2.05) is 6.07 Å². The average molecular weight is 285 g/mol. The predicted octanol–water partition coefficient (Wildman–Crippen LogP) is 1.84. The van der Waals surface area contributed by atoms with E-state index in [4.69, 9.17) is 4.42 Å². The monoisotopic (exact) mass is 285 g/mol. The van der Waals surface area contributed by atoms with Gasteiger partial charge in [0.05, 0.1) is 23.7 Å². The lowest BCUT2D eigenvalue weighted by molar-refractivity contribution is 0.0475. The molecule has 3 aromatic rings. The quantitative estimate of drug-likeness (QED) is 0.680. The topological polar surface area (TPSA) is 91.1 Å². The first-order valence-electron chi connectivity index (χ1n) is 6.55. The standard InChI is InChI=1S/C15H15N3O3/c1-15(20,12-7-4-8-21-12)9-16-14-17-11-6-3-2-5-10(11)13(19)18-14/h2-8,20H,9H2,1H3,(H2,16,17,18,19). The fraction of sp³-hybridized carbons (Fsp3) is 0.200. The minimum Gasteiger partial charge on any atom is -0.466 e. The Morgan fingerprint density at radius 3 is 2.90 bits per heavy atom. The molecule has 21 heavy (non-hydrogen) atoms. The van der Waals surface area contributed by atoms with Crippen LogP contribution in [0.2, 0.25) is 0 Å². The first-order chi connectivity index (χ1) is 10.1. The number of nitrogens with zero attached hydrogens (tertiary/aromatic N) is 1. The highest BCUT2D eigenvalue weighted by Gasteiger charge is 2.26. The number of furan rings is 1. The largest absolute Gasteiger partial charge is 0.466 e. The van der Waals surface area contributed by atoms with Crippen molar-refractivity contribution < 1.29 is 9.52 Å². The van der Waals surface area contributed by atoms with Crippen LogP contribution in [0.1, 0.15) is 12.7 Å². The summed E-state index contributed by atoms with van der Waals surface area (Å²) in [6.07, 6.45) is 1.50. The first-order valence-corrected chi connectivity index (χ1v) is 6.55. The highest BCUT2D eigenvalue weighted by atomic mass is 16.4. The molecule has 2 aromatic heterocycles. The van der Waals surface area contributed by atoms with Crippen molar-refractivity contribution in [3.05, 3.63) is 58.8 Å². The number of nitrogens with one attached hydrogen (secondary N) is 2. The van der Waals surface area contributed by atoms with Crippen LogP contribution >= 0.6 is 0 Å². The second-order valence-corrected chi connectivity index (χ2v) is 5.04. The summed E-state index contributed by atoms with van der Waals surface area (Å²) in [5.41, 5.74) is -0.824. The highest BCUT2D eigenvalue weighted by Crippen LogP contribution is 2.21. The Morgan fingerprint density at radius 2 is 2.14 bits per heavy atom. The van der Waals surface area contributed by atoms with Gasteiger partial charge >= 0.3 is 0 Å². The summed E-state index contributed by atoms with van der Waals surface area (Å²) in [6.45, 7) is 1.78. The van der Waals surface area contributed by atoms with E-state index in [0.29, 0.717) is 22.6 Å². The molecule has 1 aromatic carbocycles. The average Bonchev–Trinajstić information content (AvgIpc) is 3.00. The van der Waals surface area contributed by atoms with Gasteiger partial charge in [-0.15, -0.1) is 0 Å². The van der Waals surface area contributed by atoms with E-state index in [2.05, 4.69) is 15.3 Å². The van der Waals surface area contributed by atoms with E-state index < -0.39 is 5.60 Å². The van der Waals surface area contributed by atoms with Gasteiger partial charge in [-0.2, -0.15) is 0 Å². The molecule has 0 radical (unpaired) electrons. The van der Waals surface area contributed by atoms with Gasteiger partial charge in [0.1, 0.15) is 11.4 Å². The molecule has 0 aliphatic heterocycles. The molecule has 0 amide bonds. The van der Waals surface area contributed by atoms with Gasteiger partial charge in [0.15, 0.2) is 0 Å². The van der Waals surface area contributed by atoms with Crippen molar-refractivity contribution >= 4 is 16.9 Å². The van der Waals surface area contributed by atoms with Crippen molar-refractivity contribution in [3.63, 3.8) is 0 Å². The van der Waals surface area contributed by atoms with Gasteiger partial charge in [-0.3, -0.25) is 9.78 Å². The molecule has 3 N–H and O–H groups in total. The second-order valence-electron chi connectivity index (χ2n) is 5.04. The zero-order valence-corrected chi connectivity index (χ0v) is 11.5. The Kier molecular flexibility index (Phi) is 3.23. The molecule has 1 atom stereocenters. The van der Waals surface area contributed by atoms with E-state index in [0.717, 1.165) is 0 Å². The number of para-hydroxylation sites is 1. The van der Waals surface area contributed by atoms with E-state index in [-0.39, 0.29) is 12.1 Å². The summed E-state index contributed by atoms with van der Waals surface area (Å²) < 4.78 is 5.20. The number of aliphatic hydroxyl groups is 1. The fourth-order valence-electron chi connectivity index (χ4n) is 2.10. The van der Waals surface area contributed by atoms with E-state index in [1.54, 1.807) is 37.3 Å². The van der Waals surface area contributed by atoms with Crippen molar-refractivity contribution in [2.75, 3.05) is 11.9 Å². The van der Waals surface area contributed by atoms with Crippen molar-refractivity contribution in [1.82, 2.24) is 9.97 Å². The lowest BCUT2D eigenvalue weighted by Crippen LogP contribution is -2.31. The van der Waals surface area contributed by atoms with Gasteiger partial charge in [-0.1, -0.05) is 12.1 Å². The molecule has 0 aliphatic rings. The predicted molar refractivity (Wildman–Crippen MR) is 79.1 cm³/mol. The summed E-state index contributed by atoms with van der Waals surface area (Å²) >= 11 is 0. The van der Waals surface area contributed by atoms with E-state index >= 15 is 0 Å². The summed E-state index contributed by atoms with van der Waals surface area (Å²) in [6, 6.07) is 10.5. The molecule has 1 unspecified atom stereocenters. The molecular formula is C15H15N3O3. The molecule has 0 saturated carbocycles. The van der Waals surface area contributed by atoms with Crippen LogP contribution in [0.4, 0.5) is 5.95 Å². The maximum atomic E-state index is 11.9. The third-order valence-electron chi connectivity index (χ3n) is 3.26. The molecule has 0 fully saturated rings. The number of rotatable bonds is 4. The van der Waals surface area contributed by atoms with Crippen LogP contribution < -0.4 is 10.9 Å². The third-order valence-corrected chi connectivity index (χ3v) is 3.26. The number of aromatic nitrogens is 2. The molecule has 2 heterocycles. The number of anilines is 1. The molecule has 6 heteroatoms. The van der Waals surface area contributed by atoms with Crippen LogP contribution in [0.3, 0.4) is 0 Å². The van der Waals surface area contributed by atoms with E-state index in [1.165, 1.54) is 6.26 Å². The second kappa shape index (κ2) is 5.06. The van der Waals surface area contributed by atoms with Crippen molar-refractivity contribution in [1.29, 1.82) is 0 Å². The van der Waals surface area contributed by atoms with Gasteiger partial charge in [0.25, 0.3) is 5.56 Å².